The number of aliphatic carboxylic acids is 1. The van der Waals surface area contributed by atoms with Crippen LogP contribution in [0.3, 0.4) is 0 Å². The molecule has 18 heavy (non-hydrogen) atoms. The van der Waals surface area contributed by atoms with Gasteiger partial charge in [0.25, 0.3) is 0 Å². The van der Waals surface area contributed by atoms with Gasteiger partial charge in [0, 0.05) is 7.05 Å². The molecule has 0 heterocycles. The van der Waals surface area contributed by atoms with Crippen LogP contribution in [0.2, 0.25) is 0 Å². The average Bonchev–Trinajstić information content (AvgIpc) is 2.26. The molecule has 0 aromatic rings. The second-order valence-electron chi connectivity index (χ2n) is 4.40. The molecule has 7 heteroatoms. The van der Waals surface area contributed by atoms with Gasteiger partial charge in [-0.1, -0.05) is 13.8 Å². The van der Waals surface area contributed by atoms with E-state index in [0.29, 0.717) is 6.42 Å². The van der Waals surface area contributed by atoms with Crippen molar-refractivity contribution in [3.63, 3.8) is 0 Å². The molecular formula is C11H20N2O5. The van der Waals surface area contributed by atoms with Gasteiger partial charge in [0.2, 0.25) is 0 Å². The van der Waals surface area contributed by atoms with Crippen LogP contribution in [0, 0.1) is 5.92 Å². The molecule has 104 valence electrons. The first-order valence-electron chi connectivity index (χ1n) is 5.59. The minimum Gasteiger partial charge on any atom is -0.480 e. The molecule has 0 aromatic heterocycles. The van der Waals surface area contributed by atoms with Gasteiger partial charge in [-0.25, -0.2) is 9.59 Å². The molecule has 0 unspecified atom stereocenters. The van der Waals surface area contributed by atoms with E-state index in [0.717, 1.165) is 4.90 Å². The molecule has 0 saturated carbocycles. The smallest absolute Gasteiger partial charge is 0.326 e. The number of rotatable bonds is 6. The number of carboxylic acid groups (broad SMARTS) is 1. The summed E-state index contributed by atoms with van der Waals surface area (Å²) in [5.74, 6) is -1.52. The molecule has 0 saturated heterocycles. The second kappa shape index (κ2) is 7.52. The first kappa shape index (κ1) is 16.2. The van der Waals surface area contributed by atoms with Crippen LogP contribution in [-0.2, 0) is 14.3 Å². The van der Waals surface area contributed by atoms with E-state index >= 15 is 0 Å². The van der Waals surface area contributed by atoms with Crippen molar-refractivity contribution in [2.24, 2.45) is 5.92 Å². The maximum Gasteiger partial charge on any atom is 0.326 e. The van der Waals surface area contributed by atoms with Gasteiger partial charge in [-0.3, -0.25) is 4.79 Å². The number of esters is 1. The van der Waals surface area contributed by atoms with Crippen molar-refractivity contribution in [2.45, 2.75) is 26.3 Å². The minimum absolute atomic E-state index is 0.136. The Kier molecular flexibility index (Phi) is 6.77. The molecule has 0 bridgehead atoms. The van der Waals surface area contributed by atoms with Crippen LogP contribution in [-0.4, -0.2) is 54.7 Å². The van der Waals surface area contributed by atoms with Gasteiger partial charge in [0.05, 0.1) is 7.11 Å². The highest BCUT2D eigenvalue weighted by molar-refractivity contribution is 5.84. The van der Waals surface area contributed by atoms with Gasteiger partial charge in [-0.2, -0.15) is 0 Å². The molecule has 0 aliphatic rings. The van der Waals surface area contributed by atoms with Gasteiger partial charge in [0.1, 0.15) is 12.6 Å². The molecule has 1 atom stereocenters. The molecule has 0 spiro atoms. The third kappa shape index (κ3) is 6.07. The maximum absolute atomic E-state index is 11.6. The highest BCUT2D eigenvalue weighted by Gasteiger charge is 2.23. The van der Waals surface area contributed by atoms with Crippen molar-refractivity contribution in [1.29, 1.82) is 0 Å². The van der Waals surface area contributed by atoms with Gasteiger partial charge in [-0.05, 0) is 12.3 Å². The van der Waals surface area contributed by atoms with E-state index in [1.54, 1.807) is 0 Å². The standard InChI is InChI=1S/C11H20N2O5/c1-7(2)5-8(10(15)16)12-11(17)13(3)6-9(14)18-4/h7-8H,5-6H2,1-4H3,(H,12,17)(H,15,16)/t8-/m1/s1. The normalized spacial score (nSPS) is 11.8. The molecular weight excluding hydrogens is 240 g/mol. The zero-order chi connectivity index (χ0) is 14.3. The summed E-state index contributed by atoms with van der Waals surface area (Å²) in [6.07, 6.45) is 0.327. The van der Waals surface area contributed by atoms with E-state index in [2.05, 4.69) is 10.1 Å². The predicted molar refractivity (Wildman–Crippen MR) is 64.1 cm³/mol. The number of urea groups is 1. The summed E-state index contributed by atoms with van der Waals surface area (Å²) in [5, 5.41) is 11.3. The zero-order valence-electron chi connectivity index (χ0n) is 11.1. The van der Waals surface area contributed by atoms with Gasteiger partial charge >= 0.3 is 18.0 Å². The fraction of sp³-hybridized carbons (Fsp3) is 0.727. The first-order chi connectivity index (χ1) is 8.27. The Hall–Kier alpha value is -1.79. The number of likely N-dealkylation sites (N-methyl/N-ethyl adjacent to an activating group) is 1. The number of amides is 2. The van der Waals surface area contributed by atoms with E-state index in [-0.39, 0.29) is 12.5 Å². The van der Waals surface area contributed by atoms with E-state index in [9.17, 15) is 14.4 Å². The van der Waals surface area contributed by atoms with Crippen molar-refractivity contribution < 1.29 is 24.2 Å². The Morgan fingerprint density at radius 3 is 2.28 bits per heavy atom. The number of carbonyl (C=O) groups excluding carboxylic acids is 2. The zero-order valence-corrected chi connectivity index (χ0v) is 11.1. The average molecular weight is 260 g/mol. The van der Waals surface area contributed by atoms with Crippen LogP contribution in [0.25, 0.3) is 0 Å². The SMILES string of the molecule is COC(=O)CN(C)C(=O)N[C@H](CC(C)C)C(=O)O. The van der Waals surface area contributed by atoms with Crippen LogP contribution < -0.4 is 5.32 Å². The Bertz CT molecular complexity index is 317. The second-order valence-corrected chi connectivity index (χ2v) is 4.40. The van der Waals surface area contributed by atoms with Crippen molar-refractivity contribution >= 4 is 18.0 Å². The van der Waals surface area contributed by atoms with Crippen LogP contribution in [0.4, 0.5) is 4.79 Å². The molecule has 7 nitrogen and oxygen atoms in total. The van der Waals surface area contributed by atoms with Crippen molar-refractivity contribution in [3.05, 3.63) is 0 Å². The number of hydrogen-bond donors (Lipinski definition) is 2. The number of carboxylic acids is 1. The van der Waals surface area contributed by atoms with Gasteiger partial charge < -0.3 is 20.1 Å². The Morgan fingerprint density at radius 2 is 1.89 bits per heavy atom. The molecule has 0 aliphatic carbocycles. The lowest BCUT2D eigenvalue weighted by Crippen LogP contribution is -2.48. The summed E-state index contributed by atoms with van der Waals surface area (Å²) in [7, 11) is 2.60. The largest absolute Gasteiger partial charge is 0.480 e. The summed E-state index contributed by atoms with van der Waals surface area (Å²) >= 11 is 0. The van der Waals surface area contributed by atoms with Crippen molar-refractivity contribution in [1.82, 2.24) is 10.2 Å². The molecule has 0 rings (SSSR count). The number of nitrogens with one attached hydrogen (secondary N) is 1. The summed E-state index contributed by atoms with van der Waals surface area (Å²) in [4.78, 5) is 34.6. The first-order valence-corrected chi connectivity index (χ1v) is 5.59. The lowest BCUT2D eigenvalue weighted by Gasteiger charge is -2.21. The Balaban J connectivity index is 4.41. The number of carbonyl (C=O) groups is 3. The summed E-state index contributed by atoms with van der Waals surface area (Å²) in [5.41, 5.74) is 0. The van der Waals surface area contributed by atoms with E-state index in [1.807, 2.05) is 13.8 Å². The van der Waals surface area contributed by atoms with E-state index in [1.165, 1.54) is 14.2 Å². The van der Waals surface area contributed by atoms with Crippen LogP contribution >= 0.6 is 0 Å². The molecule has 0 aromatic carbocycles. The lowest BCUT2D eigenvalue weighted by molar-refractivity contribution is -0.141. The molecule has 0 aliphatic heterocycles. The maximum atomic E-state index is 11.6. The Morgan fingerprint density at radius 1 is 1.33 bits per heavy atom. The summed E-state index contributed by atoms with van der Waals surface area (Å²) in [6.45, 7) is 3.50. The fourth-order valence-electron chi connectivity index (χ4n) is 1.28. The Labute approximate surface area is 106 Å². The van der Waals surface area contributed by atoms with Crippen molar-refractivity contribution in [3.8, 4) is 0 Å². The molecule has 0 fully saturated rings. The lowest BCUT2D eigenvalue weighted by atomic mass is 10.0. The number of nitrogens with zero attached hydrogens (tertiary/aromatic N) is 1. The fourth-order valence-corrected chi connectivity index (χ4v) is 1.28. The van der Waals surface area contributed by atoms with E-state index < -0.39 is 24.0 Å². The monoisotopic (exact) mass is 260 g/mol. The minimum atomic E-state index is -1.09. The highest BCUT2D eigenvalue weighted by atomic mass is 16.5. The molecule has 2 amide bonds. The van der Waals surface area contributed by atoms with Crippen molar-refractivity contribution in [2.75, 3.05) is 20.7 Å². The predicted octanol–water partition coefficient (Wildman–Crippen LogP) is 0.300. The third-order valence-corrected chi connectivity index (χ3v) is 2.24. The molecule has 2 N–H and O–H groups in total. The number of hydrogen-bond acceptors (Lipinski definition) is 4. The van der Waals surface area contributed by atoms with Crippen LogP contribution in [0.1, 0.15) is 20.3 Å². The molecule has 0 radical (unpaired) electrons. The summed E-state index contributed by atoms with van der Waals surface area (Å²) < 4.78 is 4.41. The number of ether oxygens (including phenoxy) is 1. The highest BCUT2D eigenvalue weighted by Crippen LogP contribution is 2.05. The van der Waals surface area contributed by atoms with Crippen LogP contribution in [0.5, 0.6) is 0 Å². The van der Waals surface area contributed by atoms with Gasteiger partial charge in [0.15, 0.2) is 0 Å². The summed E-state index contributed by atoms with van der Waals surface area (Å²) in [6, 6.07) is -1.58. The van der Waals surface area contributed by atoms with E-state index in [4.69, 9.17) is 5.11 Å². The quantitative estimate of drug-likeness (QED) is 0.670. The van der Waals surface area contributed by atoms with Gasteiger partial charge in [-0.15, -0.1) is 0 Å². The third-order valence-electron chi connectivity index (χ3n) is 2.24. The number of methoxy groups -OCH3 is 1. The topological polar surface area (TPSA) is 95.9 Å². The van der Waals surface area contributed by atoms with Crippen LogP contribution in [0.15, 0.2) is 0 Å².